The normalized spacial score (nSPS) is 20.5. The van der Waals surface area contributed by atoms with Crippen molar-refractivity contribution < 1.29 is 4.74 Å². The number of nitrogens with zero attached hydrogens (tertiary/aromatic N) is 1. The maximum Gasteiger partial charge on any atom is 0.259 e. The summed E-state index contributed by atoms with van der Waals surface area (Å²) in [6, 6.07) is 10.9. The fourth-order valence-electron chi connectivity index (χ4n) is 1.93. The van der Waals surface area contributed by atoms with Gasteiger partial charge in [0.2, 0.25) is 0 Å². The van der Waals surface area contributed by atoms with Crippen molar-refractivity contribution >= 4 is 17.4 Å². The van der Waals surface area contributed by atoms with E-state index in [1.807, 2.05) is 6.07 Å². The van der Waals surface area contributed by atoms with E-state index in [1.54, 1.807) is 0 Å². The minimum Gasteiger partial charge on any atom is -0.469 e. The first kappa shape index (κ1) is 10.4. The minimum absolute atomic E-state index is 0.407. The van der Waals surface area contributed by atoms with Crippen molar-refractivity contribution in [3.63, 3.8) is 0 Å². The van der Waals surface area contributed by atoms with E-state index in [0.29, 0.717) is 11.2 Å². The van der Waals surface area contributed by atoms with Gasteiger partial charge >= 0.3 is 0 Å². The Morgan fingerprint density at radius 2 is 2.13 bits per heavy atom. The Morgan fingerprint density at radius 1 is 1.40 bits per heavy atom. The highest BCUT2D eigenvalue weighted by Gasteiger charge is 2.28. The van der Waals surface area contributed by atoms with Crippen molar-refractivity contribution in [3.05, 3.63) is 35.9 Å². The second kappa shape index (κ2) is 4.62. The third-order valence-electron chi connectivity index (χ3n) is 2.73. The van der Waals surface area contributed by atoms with Gasteiger partial charge in [-0.05, 0) is 31.1 Å². The van der Waals surface area contributed by atoms with Crippen LogP contribution in [0.25, 0.3) is 0 Å². The van der Waals surface area contributed by atoms with Crippen LogP contribution in [0.15, 0.2) is 30.3 Å². The third kappa shape index (κ3) is 2.29. The van der Waals surface area contributed by atoms with Gasteiger partial charge in [0, 0.05) is 6.54 Å². The molecule has 0 unspecified atom stereocenters. The molecule has 0 saturated carbocycles. The second-order valence-corrected chi connectivity index (χ2v) is 4.06. The maximum atomic E-state index is 5.40. The molecule has 1 fully saturated rings. The summed E-state index contributed by atoms with van der Waals surface area (Å²) in [5.74, 6) is 0. The smallest absolute Gasteiger partial charge is 0.259 e. The molecule has 1 aliphatic heterocycles. The molecule has 1 heterocycles. The highest BCUT2D eigenvalue weighted by atomic mass is 32.1. The number of benzene rings is 1. The van der Waals surface area contributed by atoms with Crippen LogP contribution < -0.4 is 0 Å². The molecule has 0 aliphatic carbocycles. The zero-order valence-corrected chi connectivity index (χ0v) is 9.67. The van der Waals surface area contributed by atoms with Crippen LogP contribution in [0.4, 0.5) is 0 Å². The fraction of sp³-hybridized carbons (Fsp3) is 0.417. The van der Waals surface area contributed by atoms with Crippen molar-refractivity contribution in [2.24, 2.45) is 0 Å². The number of likely N-dealkylation sites (N-methyl/N-ethyl adjacent to an activating group) is 1. The van der Waals surface area contributed by atoms with E-state index < -0.39 is 0 Å². The molecule has 0 aromatic heterocycles. The van der Waals surface area contributed by atoms with Crippen LogP contribution in [0, 0.1) is 0 Å². The molecule has 0 N–H and O–H groups in total. The Labute approximate surface area is 95.8 Å². The number of hydrogen-bond donors (Lipinski definition) is 0. The molecule has 2 nitrogen and oxygen atoms in total. The zero-order valence-electron chi connectivity index (χ0n) is 8.85. The summed E-state index contributed by atoms with van der Waals surface area (Å²) >= 11 is 5.14. The van der Waals surface area contributed by atoms with Crippen molar-refractivity contribution in [1.82, 2.24) is 4.90 Å². The van der Waals surface area contributed by atoms with E-state index in [2.05, 4.69) is 36.1 Å². The van der Waals surface area contributed by atoms with Crippen LogP contribution >= 0.6 is 12.2 Å². The Hall–Kier alpha value is -1.09. The van der Waals surface area contributed by atoms with Crippen LogP contribution in [-0.2, 0) is 11.2 Å². The Balaban J connectivity index is 2.04. The molecule has 1 saturated heterocycles. The standard InChI is InChI=1S/C12H15NOS/c1-2-13-11(9-14-12(13)15)8-10-6-4-3-5-7-10/h3-7,11H,2,8-9H2,1H3/t11-/m1/s1. The van der Waals surface area contributed by atoms with Gasteiger partial charge in [-0.25, -0.2) is 0 Å². The predicted octanol–water partition coefficient (Wildman–Crippen LogP) is 2.23. The van der Waals surface area contributed by atoms with Crippen LogP contribution in [0.5, 0.6) is 0 Å². The summed E-state index contributed by atoms with van der Waals surface area (Å²) in [6.45, 7) is 3.76. The lowest BCUT2D eigenvalue weighted by molar-refractivity contribution is 0.311. The van der Waals surface area contributed by atoms with Gasteiger partial charge in [0.1, 0.15) is 6.61 Å². The molecule has 1 aromatic rings. The van der Waals surface area contributed by atoms with Crippen LogP contribution in [0.3, 0.4) is 0 Å². The Bertz CT molecular complexity index is 339. The Kier molecular flexibility index (Phi) is 3.21. The summed E-state index contributed by atoms with van der Waals surface area (Å²) < 4.78 is 5.40. The molecule has 0 amide bonds. The average Bonchev–Trinajstić information content (AvgIpc) is 2.61. The Morgan fingerprint density at radius 3 is 2.80 bits per heavy atom. The largest absolute Gasteiger partial charge is 0.469 e. The highest BCUT2D eigenvalue weighted by Crippen LogP contribution is 2.16. The van der Waals surface area contributed by atoms with E-state index >= 15 is 0 Å². The average molecular weight is 221 g/mol. The summed E-state index contributed by atoms with van der Waals surface area (Å²) in [6.07, 6.45) is 1.01. The molecule has 0 radical (unpaired) electrons. The number of thiocarbonyl (C=S) groups is 1. The summed E-state index contributed by atoms with van der Waals surface area (Å²) in [4.78, 5) is 2.16. The lowest BCUT2D eigenvalue weighted by Crippen LogP contribution is -2.34. The second-order valence-electron chi connectivity index (χ2n) is 3.71. The minimum atomic E-state index is 0.407. The van der Waals surface area contributed by atoms with Crippen molar-refractivity contribution in [3.8, 4) is 0 Å². The lowest BCUT2D eigenvalue weighted by Gasteiger charge is -2.20. The van der Waals surface area contributed by atoms with Gasteiger partial charge in [-0.2, -0.15) is 0 Å². The van der Waals surface area contributed by atoms with Gasteiger partial charge in [0.05, 0.1) is 6.04 Å². The van der Waals surface area contributed by atoms with E-state index in [-0.39, 0.29) is 0 Å². The molecule has 0 bridgehead atoms. The molecule has 1 aromatic carbocycles. The number of hydrogen-bond acceptors (Lipinski definition) is 2. The van der Waals surface area contributed by atoms with Gasteiger partial charge in [-0.1, -0.05) is 30.3 Å². The third-order valence-corrected chi connectivity index (χ3v) is 3.08. The zero-order chi connectivity index (χ0) is 10.7. The summed E-state index contributed by atoms with van der Waals surface area (Å²) in [7, 11) is 0. The quantitative estimate of drug-likeness (QED) is 0.726. The van der Waals surface area contributed by atoms with Gasteiger partial charge in [-0.15, -0.1) is 0 Å². The molecule has 1 atom stereocenters. The van der Waals surface area contributed by atoms with Crippen molar-refractivity contribution in [2.45, 2.75) is 19.4 Å². The molecule has 1 aliphatic rings. The van der Waals surface area contributed by atoms with Gasteiger partial charge in [-0.3, -0.25) is 0 Å². The SMILES string of the molecule is CCN1C(=S)OC[C@H]1Cc1ccccc1. The van der Waals surface area contributed by atoms with E-state index in [1.165, 1.54) is 5.56 Å². The van der Waals surface area contributed by atoms with E-state index in [4.69, 9.17) is 17.0 Å². The molecule has 3 heteroatoms. The fourth-order valence-corrected chi connectivity index (χ4v) is 2.28. The van der Waals surface area contributed by atoms with E-state index in [0.717, 1.165) is 19.6 Å². The first-order chi connectivity index (χ1) is 7.31. The molecular weight excluding hydrogens is 206 g/mol. The van der Waals surface area contributed by atoms with Gasteiger partial charge in [0.25, 0.3) is 5.17 Å². The molecule has 15 heavy (non-hydrogen) atoms. The summed E-state index contributed by atoms with van der Waals surface area (Å²) in [5, 5.41) is 0.651. The first-order valence-electron chi connectivity index (χ1n) is 5.28. The van der Waals surface area contributed by atoms with Crippen molar-refractivity contribution in [2.75, 3.05) is 13.2 Å². The van der Waals surface area contributed by atoms with Crippen LogP contribution in [-0.4, -0.2) is 29.3 Å². The van der Waals surface area contributed by atoms with E-state index in [9.17, 15) is 0 Å². The van der Waals surface area contributed by atoms with Crippen molar-refractivity contribution in [1.29, 1.82) is 0 Å². The molecule has 0 spiro atoms. The highest BCUT2D eigenvalue weighted by molar-refractivity contribution is 7.80. The first-order valence-corrected chi connectivity index (χ1v) is 5.69. The number of ether oxygens (including phenoxy) is 1. The molecule has 2 rings (SSSR count). The van der Waals surface area contributed by atoms with Gasteiger partial charge in [0.15, 0.2) is 0 Å². The van der Waals surface area contributed by atoms with Gasteiger partial charge < -0.3 is 9.64 Å². The number of rotatable bonds is 3. The molecular formula is C12H15NOS. The maximum absolute atomic E-state index is 5.40. The van der Waals surface area contributed by atoms with Crippen LogP contribution in [0.1, 0.15) is 12.5 Å². The lowest BCUT2D eigenvalue weighted by atomic mass is 10.1. The monoisotopic (exact) mass is 221 g/mol. The topological polar surface area (TPSA) is 12.5 Å². The predicted molar refractivity (Wildman–Crippen MR) is 64.9 cm³/mol. The summed E-state index contributed by atoms with van der Waals surface area (Å²) in [5.41, 5.74) is 1.34. The molecule has 80 valence electrons. The van der Waals surface area contributed by atoms with Crippen LogP contribution in [0.2, 0.25) is 0 Å².